The maximum absolute atomic E-state index is 13.3. The summed E-state index contributed by atoms with van der Waals surface area (Å²) in [5.74, 6) is -0.752. The number of rotatable bonds is 7. The van der Waals surface area contributed by atoms with E-state index in [1.165, 1.54) is 0 Å². The smallest absolute Gasteiger partial charge is 0.362 e. The predicted molar refractivity (Wildman–Crippen MR) is 97.0 cm³/mol. The molecule has 1 atom stereocenters. The first-order chi connectivity index (χ1) is 12.2. The van der Waals surface area contributed by atoms with Crippen molar-refractivity contribution in [2.45, 2.75) is 50.3 Å². The van der Waals surface area contributed by atoms with Gasteiger partial charge in [-0.1, -0.05) is 43.1 Å². The Morgan fingerprint density at radius 3 is 2.73 bits per heavy atom. The number of nitrogens with zero attached hydrogens (tertiary/aromatic N) is 2. The van der Waals surface area contributed by atoms with Crippen LogP contribution in [0.5, 0.6) is 0 Å². The molecule has 0 unspecified atom stereocenters. The number of thioether (sulfide) groups is 1. The molecule has 9 heteroatoms. The van der Waals surface area contributed by atoms with Gasteiger partial charge in [0.2, 0.25) is 0 Å². The molecule has 1 aliphatic rings. The Hall–Kier alpha value is -1.25. The summed E-state index contributed by atoms with van der Waals surface area (Å²) in [5.41, 5.74) is -2.29. The molecule has 0 bridgehead atoms. The van der Waals surface area contributed by atoms with Gasteiger partial charge in [-0.15, -0.1) is 11.8 Å². The van der Waals surface area contributed by atoms with Crippen LogP contribution in [0.3, 0.4) is 0 Å². The predicted octanol–water partition coefficient (Wildman–Crippen LogP) is 4.60. The van der Waals surface area contributed by atoms with E-state index in [1.807, 2.05) is 6.92 Å². The number of amides is 1. The molecule has 1 N–H and O–H groups in total. The maximum Gasteiger partial charge on any atom is 0.438 e. The molecular weight excluding hydrogens is 389 g/mol. The molecular formula is C17H20ClF3N2O2S. The van der Waals surface area contributed by atoms with Gasteiger partial charge < -0.3 is 5.11 Å². The number of carbonyl (C=O) groups excluding carboxylic acids is 1. The van der Waals surface area contributed by atoms with E-state index in [2.05, 4.69) is 5.10 Å². The first-order valence-electron chi connectivity index (χ1n) is 8.18. The van der Waals surface area contributed by atoms with Crippen LogP contribution in [0.2, 0.25) is 5.02 Å². The molecule has 0 radical (unpaired) electrons. The zero-order chi connectivity index (χ0) is 19.4. The third-order valence-corrected chi connectivity index (χ3v) is 5.33. The summed E-state index contributed by atoms with van der Waals surface area (Å²) in [7, 11) is 0. The standard InChI is InChI=1S/C17H20ClF3N2O2S/c1-2-3-7-13-9-16(25,17(19,20)21)23(22-13)15(24)11-26-10-12-6-4-5-8-14(12)18/h4-6,8,25H,2-3,7,9-11H2,1H3/t16-/m1/s1. The molecule has 26 heavy (non-hydrogen) atoms. The van der Waals surface area contributed by atoms with Gasteiger partial charge in [0.1, 0.15) is 0 Å². The van der Waals surface area contributed by atoms with Gasteiger partial charge in [-0.25, -0.2) is 0 Å². The van der Waals surface area contributed by atoms with E-state index < -0.39 is 24.2 Å². The fraction of sp³-hybridized carbons (Fsp3) is 0.529. The Bertz CT molecular complexity index is 684. The van der Waals surface area contributed by atoms with Gasteiger partial charge in [0.15, 0.2) is 0 Å². The van der Waals surface area contributed by atoms with Crippen LogP contribution in [0.15, 0.2) is 29.4 Å². The number of carbonyl (C=O) groups is 1. The number of aliphatic hydroxyl groups is 1. The fourth-order valence-electron chi connectivity index (χ4n) is 2.55. The van der Waals surface area contributed by atoms with Gasteiger partial charge in [-0.3, -0.25) is 4.79 Å². The van der Waals surface area contributed by atoms with Crippen molar-refractivity contribution < 1.29 is 23.1 Å². The number of halogens is 4. The molecule has 1 heterocycles. The summed E-state index contributed by atoms with van der Waals surface area (Å²) < 4.78 is 40.0. The zero-order valence-corrected chi connectivity index (χ0v) is 15.8. The van der Waals surface area contributed by atoms with Gasteiger partial charge in [-0.05, 0) is 24.5 Å². The highest BCUT2D eigenvalue weighted by molar-refractivity contribution is 7.99. The minimum atomic E-state index is -4.98. The molecule has 0 fully saturated rings. The average Bonchev–Trinajstić information content (AvgIpc) is 2.92. The van der Waals surface area contributed by atoms with Gasteiger partial charge in [0.25, 0.3) is 11.6 Å². The number of alkyl halides is 3. The second-order valence-corrected chi connectivity index (χ2v) is 7.44. The highest BCUT2D eigenvalue weighted by Gasteiger charge is 2.62. The van der Waals surface area contributed by atoms with E-state index in [-0.39, 0.29) is 16.5 Å². The topological polar surface area (TPSA) is 52.9 Å². The van der Waals surface area contributed by atoms with E-state index in [0.29, 0.717) is 23.6 Å². The van der Waals surface area contributed by atoms with E-state index in [1.54, 1.807) is 24.3 Å². The Kier molecular flexibility index (Phi) is 6.99. The Labute approximate surface area is 159 Å². The van der Waals surface area contributed by atoms with Crippen molar-refractivity contribution in [3.8, 4) is 0 Å². The molecule has 2 rings (SSSR count). The number of hydrogen-bond donors (Lipinski definition) is 1. The number of benzene rings is 1. The molecule has 0 aromatic heterocycles. The molecule has 0 saturated carbocycles. The second kappa shape index (κ2) is 8.63. The first kappa shape index (κ1) is 21.1. The van der Waals surface area contributed by atoms with Crippen LogP contribution < -0.4 is 0 Å². The number of hydrazone groups is 1. The normalized spacial score (nSPS) is 20.4. The summed E-state index contributed by atoms with van der Waals surface area (Å²) >= 11 is 7.14. The van der Waals surface area contributed by atoms with Gasteiger partial charge in [-0.2, -0.15) is 23.3 Å². The van der Waals surface area contributed by atoms with E-state index in [0.717, 1.165) is 23.7 Å². The highest BCUT2D eigenvalue weighted by Crippen LogP contribution is 2.41. The van der Waals surface area contributed by atoms with Crippen LogP contribution in [0.1, 0.15) is 38.2 Å². The third-order valence-electron chi connectivity index (χ3n) is 3.99. The molecule has 144 valence electrons. The Balaban J connectivity index is 2.05. The van der Waals surface area contributed by atoms with Gasteiger partial charge in [0.05, 0.1) is 5.75 Å². The fourth-order valence-corrected chi connectivity index (χ4v) is 3.70. The first-order valence-corrected chi connectivity index (χ1v) is 9.72. The molecule has 1 aromatic carbocycles. The van der Waals surface area contributed by atoms with Crippen LogP contribution in [0.25, 0.3) is 0 Å². The third kappa shape index (κ3) is 4.72. The number of unbranched alkanes of at least 4 members (excludes halogenated alkanes) is 1. The van der Waals surface area contributed by atoms with Gasteiger partial charge in [0, 0.05) is 22.9 Å². The van der Waals surface area contributed by atoms with Crippen molar-refractivity contribution in [2.75, 3.05) is 5.75 Å². The summed E-state index contributed by atoms with van der Waals surface area (Å²) in [4.78, 5) is 12.3. The minimum Gasteiger partial charge on any atom is -0.362 e. The molecule has 0 spiro atoms. The SMILES string of the molecule is CCCCC1=NN(C(=O)CSCc2ccccc2Cl)[C@](O)(C(F)(F)F)C1. The van der Waals surface area contributed by atoms with Crippen molar-refractivity contribution >= 4 is 35.0 Å². The Morgan fingerprint density at radius 1 is 1.42 bits per heavy atom. The zero-order valence-electron chi connectivity index (χ0n) is 14.2. The lowest BCUT2D eigenvalue weighted by Gasteiger charge is -2.32. The molecule has 4 nitrogen and oxygen atoms in total. The van der Waals surface area contributed by atoms with Crippen LogP contribution in [-0.2, 0) is 10.5 Å². The lowest BCUT2D eigenvalue weighted by Crippen LogP contribution is -2.57. The molecule has 0 saturated heterocycles. The van der Waals surface area contributed by atoms with Crippen molar-refractivity contribution in [1.82, 2.24) is 5.01 Å². The van der Waals surface area contributed by atoms with E-state index in [9.17, 15) is 23.1 Å². The number of hydrogen-bond acceptors (Lipinski definition) is 4. The summed E-state index contributed by atoms with van der Waals surface area (Å²) in [6.45, 7) is 1.90. The van der Waals surface area contributed by atoms with Crippen molar-refractivity contribution in [3.63, 3.8) is 0 Å². The molecule has 1 aromatic rings. The van der Waals surface area contributed by atoms with Crippen LogP contribution in [0, 0.1) is 0 Å². The van der Waals surface area contributed by atoms with Gasteiger partial charge >= 0.3 is 6.18 Å². The van der Waals surface area contributed by atoms with Crippen molar-refractivity contribution in [1.29, 1.82) is 0 Å². The largest absolute Gasteiger partial charge is 0.438 e. The van der Waals surface area contributed by atoms with Crippen LogP contribution >= 0.6 is 23.4 Å². The minimum absolute atomic E-state index is 0.191. The highest BCUT2D eigenvalue weighted by atomic mass is 35.5. The summed E-state index contributed by atoms with van der Waals surface area (Å²) in [6, 6.07) is 7.04. The Morgan fingerprint density at radius 2 is 2.12 bits per heavy atom. The van der Waals surface area contributed by atoms with Crippen LogP contribution in [-0.4, -0.2) is 39.4 Å². The lowest BCUT2D eigenvalue weighted by molar-refractivity contribution is -0.301. The molecule has 1 amide bonds. The second-order valence-electron chi connectivity index (χ2n) is 6.05. The maximum atomic E-state index is 13.3. The lowest BCUT2D eigenvalue weighted by atomic mass is 10.0. The van der Waals surface area contributed by atoms with E-state index in [4.69, 9.17) is 11.6 Å². The van der Waals surface area contributed by atoms with E-state index >= 15 is 0 Å². The van der Waals surface area contributed by atoms with Crippen molar-refractivity contribution in [2.24, 2.45) is 5.10 Å². The van der Waals surface area contributed by atoms with Crippen molar-refractivity contribution in [3.05, 3.63) is 34.9 Å². The quantitative estimate of drug-likeness (QED) is 0.717. The van der Waals surface area contributed by atoms with Crippen LogP contribution in [0.4, 0.5) is 13.2 Å². The summed E-state index contributed by atoms with van der Waals surface area (Å²) in [5, 5.41) is 14.6. The monoisotopic (exact) mass is 408 g/mol. The molecule has 0 aliphatic carbocycles. The summed E-state index contributed by atoms with van der Waals surface area (Å²) in [6.07, 6.45) is -3.92. The molecule has 1 aliphatic heterocycles. The average molecular weight is 409 g/mol.